The molecule has 216 valence electrons. The number of phenolic OH excluding ortho intramolecular Hbond substituents is 1. The second-order valence-corrected chi connectivity index (χ2v) is 10.2. The average molecular weight is 561 g/mol. The van der Waals surface area contributed by atoms with Gasteiger partial charge in [0.05, 0.1) is 37.6 Å². The predicted molar refractivity (Wildman–Crippen MR) is 139 cm³/mol. The molecule has 2 aliphatic rings. The van der Waals surface area contributed by atoms with Crippen molar-refractivity contribution in [3.05, 3.63) is 57.7 Å². The van der Waals surface area contributed by atoms with E-state index in [1.807, 2.05) is 0 Å². The standard InChI is InChI=1S/C28H32O12/c1-11-23(32)15(31)8-18(38-11)22-17(37-2)9-19-21(25(22)34)14(30)7-16(39-19)12-3-5-13(6-4-12)28-27(36)26(35)24(33)20(10-29)40-28/h3-7,9,11,15,18,20,23-24,26-29,31-36H,8,10H2,1-2H3. The van der Waals surface area contributed by atoms with Crippen molar-refractivity contribution < 1.29 is 54.4 Å². The van der Waals surface area contributed by atoms with Gasteiger partial charge in [-0.25, -0.2) is 0 Å². The first kappa shape index (κ1) is 28.5. The normalized spacial score (nSPS) is 32.8. The van der Waals surface area contributed by atoms with E-state index in [-0.39, 0.29) is 34.5 Å². The maximum Gasteiger partial charge on any atom is 0.197 e. The van der Waals surface area contributed by atoms with Crippen LogP contribution in [0.5, 0.6) is 11.5 Å². The van der Waals surface area contributed by atoms with Crippen LogP contribution in [0.3, 0.4) is 0 Å². The number of ether oxygens (including phenoxy) is 3. The molecule has 2 fully saturated rings. The first-order chi connectivity index (χ1) is 19.0. The Hall–Kier alpha value is -3.07. The molecule has 2 aromatic carbocycles. The zero-order valence-electron chi connectivity index (χ0n) is 21.7. The third-order valence-electron chi connectivity index (χ3n) is 7.66. The fraction of sp³-hybridized carbons (Fsp3) is 0.464. The number of aliphatic hydroxyl groups excluding tert-OH is 6. The Balaban J connectivity index is 1.49. The van der Waals surface area contributed by atoms with Gasteiger partial charge in [-0.3, -0.25) is 4.79 Å². The van der Waals surface area contributed by atoms with Crippen molar-refractivity contribution in [2.75, 3.05) is 13.7 Å². The van der Waals surface area contributed by atoms with Crippen molar-refractivity contribution in [3.8, 4) is 22.8 Å². The van der Waals surface area contributed by atoms with E-state index in [9.17, 15) is 40.5 Å². The quantitative estimate of drug-likeness (QED) is 0.225. The number of benzene rings is 2. The average Bonchev–Trinajstić information content (AvgIpc) is 2.94. The second kappa shape index (κ2) is 11.1. The Morgan fingerprint density at radius 1 is 0.950 bits per heavy atom. The lowest BCUT2D eigenvalue weighted by Gasteiger charge is -2.40. The summed E-state index contributed by atoms with van der Waals surface area (Å²) in [7, 11) is 1.38. The lowest BCUT2D eigenvalue weighted by Crippen LogP contribution is -2.55. The first-order valence-electron chi connectivity index (χ1n) is 12.9. The van der Waals surface area contributed by atoms with Gasteiger partial charge in [-0.05, 0) is 12.5 Å². The summed E-state index contributed by atoms with van der Waals surface area (Å²) in [6.07, 6.45) is -10.3. The van der Waals surface area contributed by atoms with E-state index < -0.39 is 72.7 Å². The monoisotopic (exact) mass is 560 g/mol. The molecule has 0 bridgehead atoms. The molecule has 5 rings (SSSR count). The topological polar surface area (TPSA) is 200 Å². The van der Waals surface area contributed by atoms with Crippen LogP contribution in [-0.4, -0.2) is 92.2 Å². The number of hydrogen-bond donors (Lipinski definition) is 7. The number of phenols is 1. The van der Waals surface area contributed by atoms with Crippen molar-refractivity contribution in [3.63, 3.8) is 0 Å². The van der Waals surface area contributed by atoms with Crippen LogP contribution in [-0.2, 0) is 9.47 Å². The predicted octanol–water partition coefficient (Wildman–Crippen LogP) is 0.261. The molecule has 0 saturated carbocycles. The number of aliphatic hydroxyl groups is 6. The van der Waals surface area contributed by atoms with Gasteiger partial charge in [-0.2, -0.15) is 0 Å². The van der Waals surface area contributed by atoms with Gasteiger partial charge in [0.1, 0.15) is 64.9 Å². The highest BCUT2D eigenvalue weighted by atomic mass is 16.5. The molecule has 12 nitrogen and oxygen atoms in total. The zero-order valence-corrected chi connectivity index (χ0v) is 21.7. The van der Waals surface area contributed by atoms with Crippen molar-refractivity contribution >= 4 is 11.0 Å². The number of rotatable bonds is 5. The third kappa shape index (κ3) is 4.86. The summed E-state index contributed by atoms with van der Waals surface area (Å²) in [4.78, 5) is 13.2. The highest BCUT2D eigenvalue weighted by Crippen LogP contribution is 2.45. The number of hydrogen-bond acceptors (Lipinski definition) is 12. The van der Waals surface area contributed by atoms with Crippen LogP contribution >= 0.6 is 0 Å². The minimum absolute atomic E-state index is 0.0227. The second-order valence-electron chi connectivity index (χ2n) is 10.2. The molecule has 7 N–H and O–H groups in total. The molecule has 1 aromatic heterocycles. The SMILES string of the molecule is COc1cc2oc(-c3ccc(C4OC(CO)C(O)C(O)C4O)cc3)cc(=O)c2c(O)c1C1CC(O)C(O)C(C)O1. The van der Waals surface area contributed by atoms with Crippen LogP contribution in [0.1, 0.15) is 36.7 Å². The smallest absolute Gasteiger partial charge is 0.197 e. The molecule has 0 radical (unpaired) electrons. The summed E-state index contributed by atoms with van der Waals surface area (Å²) < 4.78 is 22.8. The maximum absolute atomic E-state index is 13.2. The zero-order chi connectivity index (χ0) is 28.9. The number of aromatic hydroxyl groups is 1. The summed E-state index contributed by atoms with van der Waals surface area (Å²) in [6, 6.07) is 9.06. The molecule has 3 aromatic rings. The lowest BCUT2D eigenvalue weighted by atomic mass is 9.91. The van der Waals surface area contributed by atoms with Gasteiger partial charge in [0.15, 0.2) is 5.43 Å². The van der Waals surface area contributed by atoms with Crippen molar-refractivity contribution in [2.45, 2.75) is 68.3 Å². The largest absolute Gasteiger partial charge is 0.506 e. The highest BCUT2D eigenvalue weighted by molar-refractivity contribution is 5.88. The molecule has 0 aliphatic carbocycles. The van der Waals surface area contributed by atoms with Crippen LogP contribution in [0.15, 0.2) is 45.6 Å². The summed E-state index contributed by atoms with van der Waals surface area (Å²) in [5, 5.41) is 71.2. The third-order valence-corrected chi connectivity index (χ3v) is 7.66. The Morgan fingerprint density at radius 3 is 2.27 bits per heavy atom. The van der Waals surface area contributed by atoms with Gasteiger partial charge in [0.25, 0.3) is 0 Å². The Bertz CT molecular complexity index is 1410. The van der Waals surface area contributed by atoms with Crippen LogP contribution in [0.25, 0.3) is 22.3 Å². The molecule has 0 amide bonds. The fourth-order valence-corrected chi connectivity index (χ4v) is 5.38. The van der Waals surface area contributed by atoms with E-state index in [1.165, 1.54) is 19.2 Å². The van der Waals surface area contributed by atoms with E-state index >= 15 is 0 Å². The highest BCUT2D eigenvalue weighted by Gasteiger charge is 2.44. The minimum Gasteiger partial charge on any atom is -0.506 e. The Labute approximate surface area is 228 Å². The molecule has 40 heavy (non-hydrogen) atoms. The molecule has 12 heteroatoms. The molecule has 3 heterocycles. The number of fused-ring (bicyclic) bond motifs is 1. The molecular weight excluding hydrogens is 528 g/mol. The van der Waals surface area contributed by atoms with E-state index in [4.69, 9.17) is 18.6 Å². The van der Waals surface area contributed by atoms with Crippen LogP contribution in [0, 0.1) is 0 Å². The summed E-state index contributed by atoms with van der Waals surface area (Å²) in [5.41, 5.74) is 0.609. The van der Waals surface area contributed by atoms with Crippen molar-refractivity contribution in [1.82, 2.24) is 0 Å². The van der Waals surface area contributed by atoms with E-state index in [0.29, 0.717) is 11.1 Å². The molecule has 2 saturated heterocycles. The van der Waals surface area contributed by atoms with Crippen LogP contribution in [0.4, 0.5) is 0 Å². The Kier molecular flexibility index (Phi) is 7.88. The van der Waals surface area contributed by atoms with Gasteiger partial charge in [-0.15, -0.1) is 0 Å². The van der Waals surface area contributed by atoms with Crippen molar-refractivity contribution in [1.29, 1.82) is 0 Å². The summed E-state index contributed by atoms with van der Waals surface area (Å²) in [6.45, 7) is 1.04. The molecule has 9 atom stereocenters. The summed E-state index contributed by atoms with van der Waals surface area (Å²) >= 11 is 0. The lowest BCUT2D eigenvalue weighted by molar-refractivity contribution is -0.231. The van der Waals surface area contributed by atoms with Crippen molar-refractivity contribution in [2.24, 2.45) is 0 Å². The minimum atomic E-state index is -1.52. The molecule has 0 spiro atoms. The fourth-order valence-electron chi connectivity index (χ4n) is 5.38. The first-order valence-corrected chi connectivity index (χ1v) is 12.9. The van der Waals surface area contributed by atoms with E-state index in [1.54, 1.807) is 31.2 Å². The van der Waals surface area contributed by atoms with Gasteiger partial charge in [-0.1, -0.05) is 24.3 Å². The van der Waals surface area contributed by atoms with E-state index in [0.717, 1.165) is 0 Å². The van der Waals surface area contributed by atoms with Crippen LogP contribution < -0.4 is 10.2 Å². The summed E-state index contributed by atoms with van der Waals surface area (Å²) in [5.74, 6) is -0.0643. The molecule has 2 aliphatic heterocycles. The number of methoxy groups -OCH3 is 1. The Morgan fingerprint density at radius 2 is 1.65 bits per heavy atom. The van der Waals surface area contributed by atoms with Gasteiger partial charge in [0.2, 0.25) is 0 Å². The maximum atomic E-state index is 13.2. The molecule has 9 unspecified atom stereocenters. The molecular formula is C28H32O12. The van der Waals surface area contributed by atoms with Gasteiger partial charge < -0.3 is 54.4 Å². The van der Waals surface area contributed by atoms with Gasteiger partial charge in [0, 0.05) is 24.1 Å². The van der Waals surface area contributed by atoms with E-state index in [2.05, 4.69) is 0 Å². The van der Waals surface area contributed by atoms with Crippen LogP contribution in [0.2, 0.25) is 0 Å². The van der Waals surface area contributed by atoms with Gasteiger partial charge >= 0.3 is 0 Å².